The molecule has 6 nitrogen and oxygen atoms in total. The molecular weight excluding hydrogens is 548 g/mol. The zero-order chi connectivity index (χ0) is 32.5. The number of methoxy groups -OCH3 is 1. The lowest BCUT2D eigenvalue weighted by Crippen LogP contribution is -2.66. The lowest BCUT2D eigenvalue weighted by atomic mass is 9.33. The monoisotopic (exact) mass is 610 g/mol. The molecule has 1 unspecified atom stereocenters. The first-order valence-corrected chi connectivity index (χ1v) is 17.8. The summed E-state index contributed by atoms with van der Waals surface area (Å²) in [7, 11) is 1.57. The number of rotatable bonds is 7. The lowest BCUT2D eigenvalue weighted by molar-refractivity contribution is -0.196. The first-order chi connectivity index (χ1) is 20.5. The summed E-state index contributed by atoms with van der Waals surface area (Å²) in [6, 6.07) is 0. The molecule has 6 heteroatoms. The minimum absolute atomic E-state index is 0.00807. The van der Waals surface area contributed by atoms with Gasteiger partial charge in [-0.2, -0.15) is 0 Å². The maximum atomic E-state index is 14.0. The number of carbonyl (C=O) groups excluding carboxylic acids is 3. The van der Waals surface area contributed by atoms with Crippen molar-refractivity contribution < 1.29 is 19.1 Å². The number of esters is 1. The number of ketones is 1. The average Bonchev–Trinajstić information content (AvgIpc) is 2.96. The van der Waals surface area contributed by atoms with Crippen molar-refractivity contribution in [1.82, 2.24) is 10.2 Å². The second-order valence-corrected chi connectivity index (χ2v) is 17.5. The van der Waals surface area contributed by atoms with E-state index < -0.39 is 16.7 Å². The van der Waals surface area contributed by atoms with Crippen LogP contribution in [0.3, 0.4) is 0 Å². The highest BCUT2D eigenvalue weighted by Crippen LogP contribution is 2.75. The second kappa shape index (κ2) is 11.2. The van der Waals surface area contributed by atoms with Crippen molar-refractivity contribution in [3.63, 3.8) is 0 Å². The zero-order valence-electron chi connectivity index (χ0n) is 29.7. The van der Waals surface area contributed by atoms with E-state index in [0.717, 1.165) is 71.0 Å². The van der Waals surface area contributed by atoms with Crippen LogP contribution in [0, 0.1) is 56.2 Å². The van der Waals surface area contributed by atoms with Gasteiger partial charge in [-0.25, -0.2) is 0 Å². The van der Waals surface area contributed by atoms with Crippen LogP contribution in [0.2, 0.25) is 0 Å². The van der Waals surface area contributed by atoms with E-state index in [1.807, 2.05) is 0 Å². The van der Waals surface area contributed by atoms with Gasteiger partial charge in [-0.05, 0) is 110 Å². The van der Waals surface area contributed by atoms with Crippen molar-refractivity contribution in [1.29, 1.82) is 0 Å². The Balaban J connectivity index is 1.50. The van der Waals surface area contributed by atoms with Gasteiger partial charge < -0.3 is 15.0 Å². The molecular formula is C38H62N2O4. The molecule has 0 saturated heterocycles. The molecule has 0 aliphatic heterocycles. The summed E-state index contributed by atoms with van der Waals surface area (Å²) >= 11 is 0. The number of hydrogen-bond donors (Lipinski definition) is 1. The SMILES string of the molecule is CCN(CC)CCNC(=O)C1C[C@]2(C)[C@H]3CC=C4[C@@H]5CC(C)(C)CC[C@]5(C(=O)OC)CC[C@@]4(C)[C@]3(C)CC[C@H]2C(C)(C)C1=O. The number of ether oxygens (including phenoxy) is 1. The molecule has 0 bridgehead atoms. The minimum atomic E-state index is -0.596. The predicted octanol–water partition coefficient (Wildman–Crippen LogP) is 7.21. The van der Waals surface area contributed by atoms with E-state index in [1.54, 1.807) is 7.11 Å². The van der Waals surface area contributed by atoms with Crippen LogP contribution in [-0.2, 0) is 19.1 Å². The lowest BCUT2D eigenvalue weighted by Gasteiger charge is -2.71. The van der Waals surface area contributed by atoms with Crippen molar-refractivity contribution in [2.45, 2.75) is 120 Å². The summed E-state index contributed by atoms with van der Waals surface area (Å²) in [6.45, 7) is 24.0. The minimum Gasteiger partial charge on any atom is -0.469 e. The van der Waals surface area contributed by atoms with Crippen molar-refractivity contribution >= 4 is 17.7 Å². The van der Waals surface area contributed by atoms with Crippen LogP contribution in [0.25, 0.3) is 0 Å². The fourth-order valence-corrected chi connectivity index (χ4v) is 12.0. The fourth-order valence-electron chi connectivity index (χ4n) is 12.0. The van der Waals surface area contributed by atoms with Gasteiger partial charge in [-0.1, -0.05) is 74.0 Å². The highest BCUT2D eigenvalue weighted by Gasteiger charge is 2.70. The molecule has 1 N–H and O–H groups in total. The van der Waals surface area contributed by atoms with Crippen LogP contribution in [0.1, 0.15) is 120 Å². The Morgan fingerprint density at radius 1 is 0.932 bits per heavy atom. The molecule has 1 amide bonds. The zero-order valence-corrected chi connectivity index (χ0v) is 29.7. The molecule has 0 aromatic heterocycles. The molecule has 0 aromatic rings. The van der Waals surface area contributed by atoms with Gasteiger partial charge in [0.15, 0.2) is 5.78 Å². The van der Waals surface area contributed by atoms with Crippen molar-refractivity contribution in [2.75, 3.05) is 33.3 Å². The third-order valence-corrected chi connectivity index (χ3v) is 14.9. The summed E-state index contributed by atoms with van der Waals surface area (Å²) in [6.07, 6.45) is 11.1. The smallest absolute Gasteiger partial charge is 0.312 e. The molecule has 8 atom stereocenters. The highest BCUT2D eigenvalue weighted by atomic mass is 16.5. The van der Waals surface area contributed by atoms with Gasteiger partial charge in [-0.3, -0.25) is 14.4 Å². The molecule has 5 rings (SSSR count). The van der Waals surface area contributed by atoms with E-state index in [2.05, 4.69) is 78.6 Å². The molecule has 5 aliphatic carbocycles. The van der Waals surface area contributed by atoms with Gasteiger partial charge in [-0.15, -0.1) is 0 Å². The summed E-state index contributed by atoms with van der Waals surface area (Å²) < 4.78 is 5.53. The Bertz CT molecular complexity index is 1200. The Morgan fingerprint density at radius 2 is 1.59 bits per heavy atom. The van der Waals surface area contributed by atoms with Gasteiger partial charge in [0.25, 0.3) is 0 Å². The van der Waals surface area contributed by atoms with Crippen LogP contribution in [0.5, 0.6) is 0 Å². The quantitative estimate of drug-likeness (QED) is 0.187. The topological polar surface area (TPSA) is 75.7 Å². The summed E-state index contributed by atoms with van der Waals surface area (Å²) in [5.41, 5.74) is 0.646. The number of hydrogen-bond acceptors (Lipinski definition) is 5. The summed E-state index contributed by atoms with van der Waals surface area (Å²) in [5, 5.41) is 3.17. The fraction of sp³-hybridized carbons (Fsp3) is 0.868. The Kier molecular flexibility index (Phi) is 8.59. The summed E-state index contributed by atoms with van der Waals surface area (Å²) in [4.78, 5) is 43.6. The Morgan fingerprint density at radius 3 is 2.23 bits per heavy atom. The van der Waals surface area contributed by atoms with E-state index in [0.29, 0.717) is 18.9 Å². The van der Waals surface area contributed by atoms with Crippen molar-refractivity contribution in [3.05, 3.63) is 11.6 Å². The number of nitrogens with one attached hydrogen (secondary N) is 1. The number of likely N-dealkylation sites (N-methyl/N-ethyl adjacent to an activating group) is 1. The molecule has 4 saturated carbocycles. The first kappa shape index (κ1) is 33.7. The number of carbonyl (C=O) groups is 3. The van der Waals surface area contributed by atoms with E-state index in [-0.39, 0.29) is 51.2 Å². The highest BCUT2D eigenvalue weighted by molar-refractivity contribution is 6.04. The number of allylic oxidation sites excluding steroid dienone is 2. The standard InChI is InChI=1S/C38H62N2O4/c1-11-40(12-2)22-21-39-31(42)25-23-35(7)28(34(5,6)30(25)41)15-16-37(9)29(35)14-13-26-27-24-33(3,4)17-19-38(27,32(43)44-10)20-18-36(26,37)8/h13,25,27-29H,11-12,14-24H2,1-10H3,(H,39,42)/t25?,27-,28-,29+,35-,36+,37+,38-/m0/s1. The van der Waals surface area contributed by atoms with Gasteiger partial charge in [0.1, 0.15) is 0 Å². The van der Waals surface area contributed by atoms with Crippen molar-refractivity contribution in [3.8, 4) is 0 Å². The third kappa shape index (κ3) is 4.77. The van der Waals surface area contributed by atoms with E-state index in [4.69, 9.17) is 4.74 Å². The molecule has 248 valence electrons. The number of fused-ring (bicyclic) bond motifs is 7. The molecule has 0 radical (unpaired) electrons. The number of nitrogens with zero attached hydrogens (tertiary/aromatic N) is 1. The molecule has 0 aromatic carbocycles. The molecule has 4 fully saturated rings. The normalized spacial score (nSPS) is 42.2. The van der Waals surface area contributed by atoms with E-state index in [9.17, 15) is 14.4 Å². The summed E-state index contributed by atoms with van der Waals surface area (Å²) in [5.74, 6) is 0.299. The van der Waals surface area contributed by atoms with E-state index >= 15 is 0 Å². The molecule has 44 heavy (non-hydrogen) atoms. The largest absolute Gasteiger partial charge is 0.469 e. The van der Waals surface area contributed by atoms with Crippen LogP contribution in [0.15, 0.2) is 11.6 Å². The third-order valence-electron chi connectivity index (χ3n) is 14.9. The second-order valence-electron chi connectivity index (χ2n) is 17.5. The van der Waals surface area contributed by atoms with Gasteiger partial charge in [0.05, 0.1) is 18.4 Å². The Hall–Kier alpha value is -1.69. The molecule has 0 spiro atoms. The molecule has 0 heterocycles. The van der Waals surface area contributed by atoms with Crippen molar-refractivity contribution in [2.24, 2.45) is 56.2 Å². The number of amides is 1. The van der Waals surface area contributed by atoms with Crippen LogP contribution >= 0.6 is 0 Å². The van der Waals surface area contributed by atoms with Gasteiger partial charge >= 0.3 is 5.97 Å². The van der Waals surface area contributed by atoms with Crippen LogP contribution in [0.4, 0.5) is 0 Å². The van der Waals surface area contributed by atoms with Gasteiger partial charge in [0.2, 0.25) is 5.91 Å². The maximum Gasteiger partial charge on any atom is 0.312 e. The van der Waals surface area contributed by atoms with Crippen LogP contribution < -0.4 is 5.32 Å². The first-order valence-electron chi connectivity index (χ1n) is 17.8. The van der Waals surface area contributed by atoms with Crippen LogP contribution in [-0.4, -0.2) is 55.8 Å². The van der Waals surface area contributed by atoms with Gasteiger partial charge in [0, 0.05) is 18.5 Å². The number of Topliss-reactive ketones (excluding diaryl/α,β-unsaturated/α-hetero) is 1. The average molecular weight is 611 g/mol. The maximum absolute atomic E-state index is 14.0. The Labute approximate surface area is 267 Å². The molecule has 5 aliphatic rings. The predicted molar refractivity (Wildman–Crippen MR) is 176 cm³/mol. The van der Waals surface area contributed by atoms with E-state index in [1.165, 1.54) is 5.57 Å².